The van der Waals surface area contributed by atoms with E-state index in [1.807, 2.05) is 0 Å². The minimum Gasteiger partial charge on any atom is -0.303 e. The summed E-state index contributed by atoms with van der Waals surface area (Å²) in [6.45, 7) is 12.5. The fourth-order valence-electron chi connectivity index (χ4n) is 3.61. The quantitative estimate of drug-likeness (QED) is 0.188. The van der Waals surface area contributed by atoms with E-state index in [0.29, 0.717) is 0 Å². The van der Waals surface area contributed by atoms with Crippen molar-refractivity contribution >= 4 is 0 Å². The Hall–Kier alpha value is -0.0400. The summed E-state index contributed by atoms with van der Waals surface area (Å²) in [6.07, 6.45) is 25.2. The van der Waals surface area contributed by atoms with E-state index < -0.39 is 0 Å². The smallest absolute Gasteiger partial charge is 0.00187 e. The summed E-state index contributed by atoms with van der Waals surface area (Å²) in [4.78, 5) is 2.72. The molecule has 0 saturated heterocycles. The molecule has 25 heavy (non-hydrogen) atoms. The van der Waals surface area contributed by atoms with Crippen molar-refractivity contribution in [2.75, 3.05) is 19.6 Å². The standard InChI is InChI=1S/C24H50N/c1-4-7-10-12-14-16-18-20-23-25(22-9-6-3)24-21-19-17-15-13-11-8-5-2/h3-24H2,1-2H3. The van der Waals surface area contributed by atoms with Crippen LogP contribution in [0.1, 0.15) is 129 Å². The monoisotopic (exact) mass is 352 g/mol. The molecular formula is C24H50N. The highest BCUT2D eigenvalue weighted by molar-refractivity contribution is 4.60. The third kappa shape index (κ3) is 20.1. The molecule has 1 radical (unpaired) electrons. The summed E-state index contributed by atoms with van der Waals surface area (Å²) in [5.74, 6) is 0. The van der Waals surface area contributed by atoms with Crippen LogP contribution in [-0.2, 0) is 0 Å². The zero-order valence-electron chi connectivity index (χ0n) is 18.0. The van der Waals surface area contributed by atoms with E-state index in [4.69, 9.17) is 0 Å². The summed E-state index contributed by atoms with van der Waals surface area (Å²) in [5, 5.41) is 0. The van der Waals surface area contributed by atoms with Crippen LogP contribution >= 0.6 is 0 Å². The van der Waals surface area contributed by atoms with Gasteiger partial charge in [0.15, 0.2) is 0 Å². The van der Waals surface area contributed by atoms with Gasteiger partial charge in [-0.3, -0.25) is 0 Å². The molecule has 0 aromatic carbocycles. The lowest BCUT2D eigenvalue weighted by molar-refractivity contribution is 0.257. The van der Waals surface area contributed by atoms with Crippen LogP contribution in [0.5, 0.6) is 0 Å². The lowest BCUT2D eigenvalue weighted by Gasteiger charge is -2.22. The van der Waals surface area contributed by atoms with Crippen LogP contribution in [-0.4, -0.2) is 24.5 Å². The second kappa shape index (κ2) is 22.0. The van der Waals surface area contributed by atoms with Crippen LogP contribution in [0.15, 0.2) is 0 Å². The molecule has 0 aliphatic carbocycles. The fraction of sp³-hybridized carbons (Fsp3) is 0.958. The second-order valence-electron chi connectivity index (χ2n) is 8.00. The van der Waals surface area contributed by atoms with E-state index in [1.54, 1.807) is 0 Å². The van der Waals surface area contributed by atoms with Crippen molar-refractivity contribution in [3.63, 3.8) is 0 Å². The second-order valence-corrected chi connectivity index (χ2v) is 8.00. The predicted octanol–water partition coefficient (Wildman–Crippen LogP) is 8.18. The Balaban J connectivity index is 3.54. The number of hydrogen-bond acceptors (Lipinski definition) is 1. The van der Waals surface area contributed by atoms with E-state index in [2.05, 4.69) is 25.7 Å². The molecule has 1 nitrogen and oxygen atoms in total. The van der Waals surface area contributed by atoms with Gasteiger partial charge in [-0.25, -0.2) is 0 Å². The Morgan fingerprint density at radius 1 is 0.440 bits per heavy atom. The maximum absolute atomic E-state index is 4.02. The first kappa shape index (κ1) is 25.0. The summed E-state index contributed by atoms with van der Waals surface area (Å²) in [5.41, 5.74) is 0. The van der Waals surface area contributed by atoms with Crippen molar-refractivity contribution in [1.29, 1.82) is 0 Å². The Morgan fingerprint density at radius 2 is 0.760 bits per heavy atom. The molecule has 0 aliphatic heterocycles. The van der Waals surface area contributed by atoms with Gasteiger partial charge in [-0.15, -0.1) is 0 Å². The van der Waals surface area contributed by atoms with Crippen molar-refractivity contribution < 1.29 is 0 Å². The van der Waals surface area contributed by atoms with Gasteiger partial charge in [-0.05, 0) is 38.9 Å². The summed E-state index contributed by atoms with van der Waals surface area (Å²) >= 11 is 0. The Kier molecular flexibility index (Phi) is 22.0. The van der Waals surface area contributed by atoms with Crippen molar-refractivity contribution in [2.45, 2.75) is 129 Å². The first-order valence-corrected chi connectivity index (χ1v) is 11.9. The summed E-state index contributed by atoms with van der Waals surface area (Å²) in [6, 6.07) is 0. The largest absolute Gasteiger partial charge is 0.303 e. The van der Waals surface area contributed by atoms with Gasteiger partial charge in [0.2, 0.25) is 0 Å². The highest BCUT2D eigenvalue weighted by Crippen LogP contribution is 2.11. The van der Waals surface area contributed by atoms with Crippen LogP contribution in [0.4, 0.5) is 0 Å². The maximum atomic E-state index is 4.02. The third-order valence-corrected chi connectivity index (χ3v) is 5.38. The van der Waals surface area contributed by atoms with Gasteiger partial charge in [-0.1, -0.05) is 117 Å². The van der Waals surface area contributed by atoms with Gasteiger partial charge >= 0.3 is 0 Å². The SMILES string of the molecule is [CH2]CCCN(CCCCCCCCCC)CCCCCCCCCC. The molecule has 0 spiro atoms. The van der Waals surface area contributed by atoms with Crippen LogP contribution in [0, 0.1) is 6.92 Å². The van der Waals surface area contributed by atoms with Gasteiger partial charge < -0.3 is 4.90 Å². The van der Waals surface area contributed by atoms with Crippen LogP contribution in [0.25, 0.3) is 0 Å². The van der Waals surface area contributed by atoms with Crippen LogP contribution < -0.4 is 0 Å². The molecule has 0 aromatic heterocycles. The van der Waals surface area contributed by atoms with Gasteiger partial charge in [0, 0.05) is 0 Å². The molecule has 0 fully saturated rings. The molecule has 0 heterocycles. The van der Waals surface area contributed by atoms with E-state index in [1.165, 1.54) is 129 Å². The lowest BCUT2D eigenvalue weighted by Crippen LogP contribution is -2.27. The Labute approximate surface area is 161 Å². The van der Waals surface area contributed by atoms with Gasteiger partial charge in [0.1, 0.15) is 0 Å². The fourth-order valence-corrected chi connectivity index (χ4v) is 3.61. The molecule has 0 N–H and O–H groups in total. The molecule has 0 unspecified atom stereocenters. The highest BCUT2D eigenvalue weighted by atomic mass is 15.1. The normalized spacial score (nSPS) is 11.5. The van der Waals surface area contributed by atoms with Gasteiger partial charge in [0.25, 0.3) is 0 Å². The maximum Gasteiger partial charge on any atom is -0.00187 e. The molecule has 0 atom stereocenters. The molecule has 0 aliphatic rings. The minimum atomic E-state index is 1.09. The molecule has 0 bridgehead atoms. The summed E-state index contributed by atoms with van der Waals surface area (Å²) in [7, 11) is 0. The van der Waals surface area contributed by atoms with E-state index in [0.717, 1.165) is 6.42 Å². The number of hydrogen-bond donors (Lipinski definition) is 0. The van der Waals surface area contributed by atoms with Crippen LogP contribution in [0.2, 0.25) is 0 Å². The predicted molar refractivity (Wildman–Crippen MR) is 116 cm³/mol. The third-order valence-electron chi connectivity index (χ3n) is 5.38. The molecule has 151 valence electrons. The minimum absolute atomic E-state index is 1.09. The Bertz CT molecular complexity index is 206. The number of rotatable bonds is 21. The van der Waals surface area contributed by atoms with Crippen molar-refractivity contribution in [2.24, 2.45) is 0 Å². The first-order chi connectivity index (χ1) is 12.3. The molecule has 1 heteroatoms. The molecule has 0 rings (SSSR count). The molecule has 0 aromatic rings. The number of nitrogens with zero attached hydrogens (tertiary/aromatic N) is 1. The molecule has 0 saturated carbocycles. The average Bonchev–Trinajstić information content (AvgIpc) is 2.63. The summed E-state index contributed by atoms with van der Waals surface area (Å²) < 4.78 is 0. The van der Waals surface area contributed by atoms with Gasteiger partial charge in [0.05, 0.1) is 0 Å². The highest BCUT2D eigenvalue weighted by Gasteiger charge is 2.04. The Morgan fingerprint density at radius 3 is 1.12 bits per heavy atom. The molecular weight excluding hydrogens is 302 g/mol. The van der Waals surface area contributed by atoms with Crippen molar-refractivity contribution in [3.05, 3.63) is 6.92 Å². The van der Waals surface area contributed by atoms with Crippen LogP contribution in [0.3, 0.4) is 0 Å². The average molecular weight is 353 g/mol. The van der Waals surface area contributed by atoms with Gasteiger partial charge in [-0.2, -0.15) is 0 Å². The van der Waals surface area contributed by atoms with Crippen molar-refractivity contribution in [3.8, 4) is 0 Å². The zero-order valence-corrected chi connectivity index (χ0v) is 18.0. The number of unbranched alkanes of at least 4 members (excludes halogenated alkanes) is 15. The van der Waals surface area contributed by atoms with E-state index in [9.17, 15) is 0 Å². The van der Waals surface area contributed by atoms with E-state index in [-0.39, 0.29) is 0 Å². The molecule has 0 amide bonds. The lowest BCUT2D eigenvalue weighted by atomic mass is 10.1. The zero-order chi connectivity index (χ0) is 18.4. The van der Waals surface area contributed by atoms with E-state index >= 15 is 0 Å². The topological polar surface area (TPSA) is 3.24 Å². The van der Waals surface area contributed by atoms with Crippen molar-refractivity contribution in [1.82, 2.24) is 4.90 Å². The first-order valence-electron chi connectivity index (χ1n) is 11.9.